The van der Waals surface area contributed by atoms with Crippen molar-refractivity contribution < 1.29 is 9.84 Å². The topological polar surface area (TPSA) is 70.5 Å². The number of hydrogen-bond acceptors (Lipinski definition) is 6. The number of likely N-dealkylation sites (tertiary alicyclic amines) is 1. The van der Waals surface area contributed by atoms with Crippen molar-refractivity contribution in [3.05, 3.63) is 71.9 Å². The van der Waals surface area contributed by atoms with Crippen LogP contribution in [0.4, 0.5) is 11.6 Å². The van der Waals surface area contributed by atoms with E-state index < -0.39 is 0 Å². The van der Waals surface area contributed by atoms with Gasteiger partial charge in [0.25, 0.3) is 0 Å². The molecule has 0 bridgehead atoms. The van der Waals surface area contributed by atoms with E-state index in [9.17, 15) is 5.11 Å². The van der Waals surface area contributed by atoms with Gasteiger partial charge in [0, 0.05) is 34.4 Å². The van der Waals surface area contributed by atoms with Crippen molar-refractivity contribution in [2.24, 2.45) is 0 Å². The summed E-state index contributed by atoms with van der Waals surface area (Å²) in [6, 6.07) is 18.6. The van der Waals surface area contributed by atoms with Crippen LogP contribution in [0.2, 0.25) is 5.02 Å². The van der Waals surface area contributed by atoms with Crippen molar-refractivity contribution in [2.75, 3.05) is 31.6 Å². The third-order valence-corrected chi connectivity index (χ3v) is 6.16. The van der Waals surface area contributed by atoms with Crippen LogP contribution in [-0.2, 0) is 0 Å². The molecule has 0 aliphatic carbocycles. The average Bonchev–Trinajstić information content (AvgIpc) is 3.35. The number of anilines is 2. The van der Waals surface area contributed by atoms with Crippen LogP contribution in [0.25, 0.3) is 22.0 Å². The molecule has 0 unspecified atom stereocenters. The Hall–Kier alpha value is -3.35. The minimum atomic E-state index is 0.174. The summed E-state index contributed by atoms with van der Waals surface area (Å²) in [4.78, 5) is 11.5. The molecule has 2 heterocycles. The molecular formula is C26H25ClN4O2. The summed E-state index contributed by atoms with van der Waals surface area (Å²) in [6.45, 7) is 4.05. The second-order valence-corrected chi connectivity index (χ2v) is 8.59. The average molecular weight is 461 g/mol. The van der Waals surface area contributed by atoms with Gasteiger partial charge in [-0.1, -0.05) is 17.7 Å². The van der Waals surface area contributed by atoms with E-state index >= 15 is 0 Å². The van der Waals surface area contributed by atoms with Crippen molar-refractivity contribution in [1.82, 2.24) is 14.9 Å². The number of benzene rings is 3. The standard InChI is InChI=1S/C26H25ClN4O2/c27-24-9-6-21(32)16-23(24)18-3-10-25-19(15-18)17-28-26(30-25)29-20-4-7-22(8-5-20)33-14-13-31-11-1-2-12-31/h3-10,15-17,32H,1-2,11-14H2,(H,28,29,30). The van der Waals surface area contributed by atoms with Gasteiger partial charge in [0.15, 0.2) is 0 Å². The van der Waals surface area contributed by atoms with Crippen LogP contribution in [0.1, 0.15) is 12.8 Å². The zero-order chi connectivity index (χ0) is 22.6. The summed E-state index contributed by atoms with van der Waals surface area (Å²) >= 11 is 6.30. The third-order valence-electron chi connectivity index (χ3n) is 5.83. The van der Waals surface area contributed by atoms with Gasteiger partial charge in [-0.05, 0) is 86.1 Å². The molecule has 1 aromatic heterocycles. The minimum Gasteiger partial charge on any atom is -0.508 e. The van der Waals surface area contributed by atoms with Crippen molar-refractivity contribution in [2.45, 2.75) is 12.8 Å². The van der Waals surface area contributed by atoms with Crippen LogP contribution >= 0.6 is 11.6 Å². The third kappa shape index (κ3) is 5.18. The molecule has 0 amide bonds. The first kappa shape index (κ1) is 21.5. The summed E-state index contributed by atoms with van der Waals surface area (Å²) in [5.41, 5.74) is 3.37. The summed E-state index contributed by atoms with van der Waals surface area (Å²) in [6.07, 6.45) is 4.37. The fraction of sp³-hybridized carbons (Fsp3) is 0.231. The number of nitrogens with one attached hydrogen (secondary N) is 1. The predicted molar refractivity (Wildman–Crippen MR) is 133 cm³/mol. The lowest BCUT2D eigenvalue weighted by Crippen LogP contribution is -2.25. The Morgan fingerprint density at radius 3 is 2.64 bits per heavy atom. The van der Waals surface area contributed by atoms with Crippen molar-refractivity contribution in [3.8, 4) is 22.6 Å². The van der Waals surface area contributed by atoms with Gasteiger partial charge in [-0.25, -0.2) is 9.97 Å². The lowest BCUT2D eigenvalue weighted by molar-refractivity contribution is 0.238. The zero-order valence-electron chi connectivity index (χ0n) is 18.2. The van der Waals surface area contributed by atoms with Gasteiger partial charge < -0.3 is 15.2 Å². The quantitative estimate of drug-likeness (QED) is 0.359. The highest BCUT2D eigenvalue weighted by atomic mass is 35.5. The Morgan fingerprint density at radius 1 is 1.00 bits per heavy atom. The highest BCUT2D eigenvalue weighted by molar-refractivity contribution is 6.33. The van der Waals surface area contributed by atoms with E-state index in [1.165, 1.54) is 25.9 Å². The van der Waals surface area contributed by atoms with Crippen molar-refractivity contribution >= 4 is 34.1 Å². The van der Waals surface area contributed by atoms with Crippen LogP contribution < -0.4 is 10.1 Å². The van der Waals surface area contributed by atoms with E-state index in [1.807, 2.05) is 42.5 Å². The van der Waals surface area contributed by atoms with E-state index in [-0.39, 0.29) is 5.75 Å². The number of aromatic nitrogens is 2. The second kappa shape index (κ2) is 9.65. The number of aromatic hydroxyl groups is 1. The molecule has 1 fully saturated rings. The number of phenols is 1. The Bertz CT molecular complexity index is 1260. The molecule has 1 aliphatic rings. The van der Waals surface area contributed by atoms with Crippen LogP contribution in [0.3, 0.4) is 0 Å². The SMILES string of the molecule is Oc1ccc(Cl)c(-c2ccc3nc(Nc4ccc(OCCN5CCCC5)cc4)ncc3c2)c1. The van der Waals surface area contributed by atoms with Crippen LogP contribution in [0, 0.1) is 0 Å². The molecule has 3 aromatic carbocycles. The molecule has 7 heteroatoms. The highest BCUT2D eigenvalue weighted by Gasteiger charge is 2.11. The van der Waals surface area contributed by atoms with E-state index in [4.69, 9.17) is 16.3 Å². The van der Waals surface area contributed by atoms with Crippen LogP contribution in [-0.4, -0.2) is 46.2 Å². The number of nitrogens with zero attached hydrogens (tertiary/aromatic N) is 3. The lowest BCUT2D eigenvalue weighted by Gasteiger charge is -2.15. The predicted octanol–water partition coefficient (Wildman–Crippen LogP) is 5.87. The van der Waals surface area contributed by atoms with E-state index in [0.29, 0.717) is 17.6 Å². The highest BCUT2D eigenvalue weighted by Crippen LogP contribution is 2.32. The number of fused-ring (bicyclic) bond motifs is 1. The normalized spacial score (nSPS) is 14.0. The summed E-state index contributed by atoms with van der Waals surface area (Å²) < 4.78 is 5.87. The monoisotopic (exact) mass is 460 g/mol. The van der Waals surface area contributed by atoms with Gasteiger partial charge in [-0.15, -0.1) is 0 Å². The zero-order valence-corrected chi connectivity index (χ0v) is 18.9. The van der Waals surface area contributed by atoms with Gasteiger partial charge in [-0.3, -0.25) is 4.90 Å². The Balaban J connectivity index is 1.25. The maximum atomic E-state index is 9.79. The molecule has 5 rings (SSSR count). The van der Waals surface area contributed by atoms with Gasteiger partial charge >= 0.3 is 0 Å². The van der Waals surface area contributed by atoms with E-state index in [2.05, 4.69) is 20.2 Å². The fourth-order valence-electron chi connectivity index (χ4n) is 4.06. The van der Waals surface area contributed by atoms with Crippen molar-refractivity contribution in [3.63, 3.8) is 0 Å². The Kier molecular flexibility index (Phi) is 6.28. The molecule has 168 valence electrons. The van der Waals surface area contributed by atoms with Gasteiger partial charge in [0.2, 0.25) is 5.95 Å². The summed E-state index contributed by atoms with van der Waals surface area (Å²) in [5, 5.41) is 14.5. The van der Waals surface area contributed by atoms with Crippen LogP contribution in [0.5, 0.6) is 11.5 Å². The van der Waals surface area contributed by atoms with Gasteiger partial charge in [0.1, 0.15) is 18.1 Å². The lowest BCUT2D eigenvalue weighted by atomic mass is 10.0. The number of rotatable bonds is 7. The number of phenolic OH excluding ortho intramolecular Hbond substituents is 1. The summed E-state index contributed by atoms with van der Waals surface area (Å²) in [5.74, 6) is 1.55. The minimum absolute atomic E-state index is 0.174. The first-order chi connectivity index (χ1) is 16.1. The van der Waals surface area contributed by atoms with E-state index in [1.54, 1.807) is 24.4 Å². The molecule has 0 saturated carbocycles. The molecule has 4 aromatic rings. The molecule has 0 spiro atoms. The van der Waals surface area contributed by atoms with Crippen molar-refractivity contribution in [1.29, 1.82) is 0 Å². The molecule has 0 radical (unpaired) electrons. The molecule has 2 N–H and O–H groups in total. The Morgan fingerprint density at radius 2 is 1.82 bits per heavy atom. The maximum absolute atomic E-state index is 9.79. The molecule has 1 aliphatic heterocycles. The molecular weight excluding hydrogens is 436 g/mol. The number of halogens is 1. The maximum Gasteiger partial charge on any atom is 0.227 e. The molecule has 6 nitrogen and oxygen atoms in total. The van der Waals surface area contributed by atoms with Crippen LogP contribution in [0.15, 0.2) is 66.9 Å². The fourth-order valence-corrected chi connectivity index (χ4v) is 4.28. The second-order valence-electron chi connectivity index (χ2n) is 8.18. The van der Waals surface area contributed by atoms with Gasteiger partial charge in [0.05, 0.1) is 5.52 Å². The molecule has 0 atom stereocenters. The summed E-state index contributed by atoms with van der Waals surface area (Å²) in [7, 11) is 0. The Labute approximate surface area is 197 Å². The van der Waals surface area contributed by atoms with E-state index in [0.717, 1.165) is 40.0 Å². The molecule has 33 heavy (non-hydrogen) atoms. The number of ether oxygens (including phenoxy) is 1. The first-order valence-electron chi connectivity index (χ1n) is 11.1. The molecule has 1 saturated heterocycles. The first-order valence-corrected chi connectivity index (χ1v) is 11.5. The smallest absolute Gasteiger partial charge is 0.227 e. The van der Waals surface area contributed by atoms with Gasteiger partial charge in [-0.2, -0.15) is 0 Å². The number of hydrogen-bond donors (Lipinski definition) is 2. The largest absolute Gasteiger partial charge is 0.508 e.